The lowest BCUT2D eigenvalue weighted by atomic mass is 9.94. The Morgan fingerprint density at radius 2 is 2.08 bits per heavy atom. The van der Waals surface area contributed by atoms with Crippen LogP contribution in [0.25, 0.3) is 5.65 Å². The van der Waals surface area contributed by atoms with Gasteiger partial charge in [0.1, 0.15) is 5.56 Å². The van der Waals surface area contributed by atoms with Crippen LogP contribution in [0, 0.1) is 5.41 Å². The molecule has 0 unspecified atom stereocenters. The number of hydrogen-bond donors (Lipinski definition) is 1. The topological polar surface area (TPSA) is 79.6 Å². The molecule has 24 heavy (non-hydrogen) atoms. The van der Waals surface area contributed by atoms with Crippen LogP contribution in [0.4, 0.5) is 0 Å². The molecule has 1 saturated heterocycles. The first-order valence-electron chi connectivity index (χ1n) is 8.20. The highest BCUT2D eigenvalue weighted by Crippen LogP contribution is 2.35. The van der Waals surface area contributed by atoms with Crippen molar-refractivity contribution in [3.05, 3.63) is 29.7 Å². The van der Waals surface area contributed by atoms with Crippen molar-refractivity contribution in [3.63, 3.8) is 0 Å². The number of nitrogens with one attached hydrogen (secondary N) is 1. The monoisotopic (exact) mass is 329 g/mol. The third-order valence-electron chi connectivity index (χ3n) is 4.40. The minimum Gasteiger partial charge on any atom is -0.355 e. The van der Waals surface area contributed by atoms with Crippen molar-refractivity contribution >= 4 is 17.5 Å². The molecule has 1 aliphatic heterocycles. The first-order valence-corrected chi connectivity index (χ1v) is 8.20. The molecule has 0 aliphatic carbocycles. The number of fused-ring (bicyclic) bond motifs is 1. The fraction of sp³-hybridized carbons (Fsp3) is 0.529. The van der Waals surface area contributed by atoms with Gasteiger partial charge in [-0.25, -0.2) is 9.50 Å². The number of carbonyl (C=O) groups excluding carboxylic acids is 2. The smallest absolute Gasteiger partial charge is 0.256 e. The van der Waals surface area contributed by atoms with E-state index >= 15 is 0 Å². The summed E-state index contributed by atoms with van der Waals surface area (Å²) in [4.78, 5) is 30.9. The van der Waals surface area contributed by atoms with Gasteiger partial charge in [0, 0.05) is 25.2 Å². The molecule has 1 N–H and O–H groups in total. The highest BCUT2D eigenvalue weighted by molar-refractivity contribution is 5.99. The van der Waals surface area contributed by atoms with Crippen molar-refractivity contribution in [1.82, 2.24) is 24.8 Å². The SMILES string of the molecule is CNC(=O)c1cnn2c([C@@H]3CCCN3C(=O)C(C)(C)C)ccnc12. The van der Waals surface area contributed by atoms with Gasteiger partial charge in [-0.15, -0.1) is 0 Å². The average molecular weight is 329 g/mol. The van der Waals surface area contributed by atoms with Gasteiger partial charge < -0.3 is 10.2 Å². The van der Waals surface area contributed by atoms with Crippen molar-refractivity contribution in [2.45, 2.75) is 39.7 Å². The van der Waals surface area contributed by atoms with Crippen LogP contribution in [0.5, 0.6) is 0 Å². The van der Waals surface area contributed by atoms with Crippen molar-refractivity contribution in [3.8, 4) is 0 Å². The molecule has 2 amide bonds. The highest BCUT2D eigenvalue weighted by atomic mass is 16.2. The van der Waals surface area contributed by atoms with Crippen molar-refractivity contribution in [2.75, 3.05) is 13.6 Å². The van der Waals surface area contributed by atoms with E-state index in [9.17, 15) is 9.59 Å². The number of amides is 2. The number of nitrogens with zero attached hydrogens (tertiary/aromatic N) is 4. The van der Waals surface area contributed by atoms with Crippen LogP contribution in [0.15, 0.2) is 18.5 Å². The minimum absolute atomic E-state index is 0.0420. The summed E-state index contributed by atoms with van der Waals surface area (Å²) in [5.41, 5.74) is 1.42. The van der Waals surface area contributed by atoms with Crippen molar-refractivity contribution in [2.24, 2.45) is 5.41 Å². The molecule has 0 spiro atoms. The normalized spacial score (nSPS) is 18.2. The van der Waals surface area contributed by atoms with Gasteiger partial charge in [-0.3, -0.25) is 9.59 Å². The van der Waals surface area contributed by atoms with E-state index in [1.165, 1.54) is 6.20 Å². The van der Waals surface area contributed by atoms with E-state index in [-0.39, 0.29) is 17.9 Å². The largest absolute Gasteiger partial charge is 0.355 e. The molecule has 3 heterocycles. The molecule has 0 saturated carbocycles. The summed E-state index contributed by atoms with van der Waals surface area (Å²) < 4.78 is 1.68. The van der Waals surface area contributed by atoms with E-state index in [0.29, 0.717) is 11.2 Å². The predicted molar refractivity (Wildman–Crippen MR) is 89.5 cm³/mol. The van der Waals surface area contributed by atoms with Gasteiger partial charge in [0.15, 0.2) is 5.65 Å². The number of rotatable bonds is 2. The van der Waals surface area contributed by atoms with Crippen LogP contribution in [0.2, 0.25) is 0 Å². The first-order chi connectivity index (χ1) is 11.3. The van der Waals surface area contributed by atoms with E-state index < -0.39 is 5.41 Å². The molecule has 1 atom stereocenters. The number of hydrogen-bond acceptors (Lipinski definition) is 4. The summed E-state index contributed by atoms with van der Waals surface area (Å²) in [6.45, 7) is 6.55. The standard InChI is InChI=1S/C17H23N5O2/c1-17(2,3)16(24)21-9-5-6-12(21)13-7-8-19-14-11(15(23)18-4)10-20-22(13)14/h7-8,10,12H,5-6,9H2,1-4H3,(H,18,23)/t12-/m0/s1. The highest BCUT2D eigenvalue weighted by Gasteiger charge is 2.37. The van der Waals surface area contributed by atoms with Crippen LogP contribution >= 0.6 is 0 Å². The quantitative estimate of drug-likeness (QED) is 0.911. The molecule has 7 heteroatoms. The lowest BCUT2D eigenvalue weighted by molar-refractivity contribution is -0.140. The molecule has 1 aliphatic rings. The van der Waals surface area contributed by atoms with Gasteiger partial charge in [-0.2, -0.15) is 5.10 Å². The number of carbonyl (C=O) groups is 2. The Morgan fingerprint density at radius 3 is 2.75 bits per heavy atom. The maximum absolute atomic E-state index is 12.8. The van der Waals surface area contributed by atoms with Gasteiger partial charge >= 0.3 is 0 Å². The maximum Gasteiger partial charge on any atom is 0.256 e. The van der Waals surface area contributed by atoms with E-state index in [4.69, 9.17) is 0 Å². The van der Waals surface area contributed by atoms with Crippen molar-refractivity contribution in [1.29, 1.82) is 0 Å². The van der Waals surface area contributed by atoms with Gasteiger partial charge in [0.2, 0.25) is 5.91 Å². The van der Waals surface area contributed by atoms with Gasteiger partial charge in [-0.1, -0.05) is 20.8 Å². The Bertz CT molecular complexity index is 790. The molecular weight excluding hydrogens is 306 g/mol. The van der Waals surface area contributed by atoms with Crippen molar-refractivity contribution < 1.29 is 9.59 Å². The maximum atomic E-state index is 12.8. The van der Waals surface area contributed by atoms with Crippen LogP contribution in [-0.4, -0.2) is 44.9 Å². The molecule has 3 rings (SSSR count). The number of likely N-dealkylation sites (tertiary alicyclic amines) is 1. The summed E-state index contributed by atoms with van der Waals surface area (Å²) >= 11 is 0. The summed E-state index contributed by atoms with van der Waals surface area (Å²) in [6.07, 6.45) is 5.04. The second kappa shape index (κ2) is 5.89. The van der Waals surface area contributed by atoms with E-state index in [0.717, 1.165) is 25.1 Å². The van der Waals surface area contributed by atoms with Gasteiger partial charge in [-0.05, 0) is 18.9 Å². The second-order valence-corrected chi connectivity index (χ2v) is 7.15. The van der Waals surface area contributed by atoms with Gasteiger partial charge in [0.25, 0.3) is 5.91 Å². The van der Waals surface area contributed by atoms with E-state index in [2.05, 4.69) is 15.4 Å². The minimum atomic E-state index is -0.424. The van der Waals surface area contributed by atoms with E-state index in [1.54, 1.807) is 17.8 Å². The Labute approximate surface area is 141 Å². The summed E-state index contributed by atoms with van der Waals surface area (Å²) in [7, 11) is 1.58. The molecule has 2 aromatic heterocycles. The Morgan fingerprint density at radius 1 is 1.33 bits per heavy atom. The summed E-state index contributed by atoms with van der Waals surface area (Å²) in [5.74, 6) is -0.0858. The molecule has 1 fully saturated rings. The van der Waals surface area contributed by atoms with Crippen LogP contribution < -0.4 is 5.32 Å². The van der Waals surface area contributed by atoms with E-state index in [1.807, 2.05) is 31.7 Å². The molecule has 7 nitrogen and oxygen atoms in total. The van der Waals surface area contributed by atoms with Crippen LogP contribution in [0.3, 0.4) is 0 Å². The molecule has 0 radical (unpaired) electrons. The average Bonchev–Trinajstić information content (AvgIpc) is 3.18. The molecule has 0 aromatic carbocycles. The van der Waals surface area contributed by atoms with Gasteiger partial charge in [0.05, 0.1) is 17.9 Å². The fourth-order valence-corrected chi connectivity index (χ4v) is 3.21. The fourth-order valence-electron chi connectivity index (χ4n) is 3.21. The third kappa shape index (κ3) is 2.64. The Hall–Kier alpha value is -2.44. The molecule has 2 aromatic rings. The lowest BCUT2D eigenvalue weighted by Gasteiger charge is -2.31. The number of aromatic nitrogens is 3. The Balaban J connectivity index is 2.04. The third-order valence-corrected chi connectivity index (χ3v) is 4.40. The second-order valence-electron chi connectivity index (χ2n) is 7.15. The summed E-state index contributed by atoms with van der Waals surface area (Å²) in [5, 5.41) is 6.94. The molecule has 128 valence electrons. The van der Waals surface area contributed by atoms with Crippen LogP contribution in [-0.2, 0) is 4.79 Å². The Kier molecular flexibility index (Phi) is 4.03. The zero-order chi connectivity index (χ0) is 17.5. The predicted octanol–water partition coefficient (Wildman–Crippen LogP) is 1.80. The zero-order valence-corrected chi connectivity index (χ0v) is 14.5. The zero-order valence-electron chi connectivity index (χ0n) is 14.5. The van der Waals surface area contributed by atoms with Crippen LogP contribution in [0.1, 0.15) is 55.7 Å². The molecular formula is C17H23N5O2. The first kappa shape index (κ1) is 16.4. The lowest BCUT2D eigenvalue weighted by Crippen LogP contribution is -2.39. The summed E-state index contributed by atoms with van der Waals surface area (Å²) in [6, 6.07) is 1.84. The molecule has 0 bridgehead atoms.